The zero-order valence-corrected chi connectivity index (χ0v) is 17.0. The first-order valence-electron chi connectivity index (χ1n) is 8.89. The summed E-state index contributed by atoms with van der Waals surface area (Å²) in [5, 5.41) is 6.75. The quantitative estimate of drug-likeness (QED) is 0.532. The summed E-state index contributed by atoms with van der Waals surface area (Å²) >= 11 is 1.07. The molecule has 1 N–H and O–H groups in total. The van der Waals surface area contributed by atoms with E-state index in [1.807, 2.05) is 13.8 Å². The molecule has 0 fully saturated rings. The Bertz CT molecular complexity index is 850. The van der Waals surface area contributed by atoms with Gasteiger partial charge in [0.15, 0.2) is 11.5 Å². The molecule has 1 amide bonds. The van der Waals surface area contributed by atoms with Crippen LogP contribution in [0, 0.1) is 12.8 Å². The Hall–Kier alpha value is -2.48. The Labute approximate surface area is 162 Å². The molecule has 2 rings (SSSR count). The van der Waals surface area contributed by atoms with E-state index in [-0.39, 0.29) is 28.6 Å². The molecule has 27 heavy (non-hydrogen) atoms. The molecule has 2 heterocycles. The number of esters is 1. The highest BCUT2D eigenvalue weighted by molar-refractivity contribution is 7.18. The number of Topliss-reactive ketones (excluding diaryl/α,β-unsaturated/α-hetero) is 1. The average molecular weight is 392 g/mol. The Balaban J connectivity index is 2.33. The lowest BCUT2D eigenvalue weighted by Gasteiger charge is -2.05. The highest BCUT2D eigenvalue weighted by atomic mass is 32.1. The molecule has 7 nitrogen and oxygen atoms in total. The molecule has 0 spiro atoms. The molecule has 0 unspecified atom stereocenters. The fraction of sp³-hybridized carbons (Fsp3) is 0.474. The molecule has 0 saturated carbocycles. The van der Waals surface area contributed by atoms with Gasteiger partial charge in [0.2, 0.25) is 0 Å². The lowest BCUT2D eigenvalue weighted by molar-refractivity contribution is 0.0527. The van der Waals surface area contributed by atoms with Gasteiger partial charge >= 0.3 is 5.97 Å². The van der Waals surface area contributed by atoms with Crippen molar-refractivity contribution >= 4 is 34.0 Å². The number of hydrogen-bond acceptors (Lipinski definition) is 7. The maximum atomic E-state index is 12.5. The van der Waals surface area contributed by atoms with Crippen LogP contribution in [0.25, 0.3) is 0 Å². The number of carbonyl (C=O) groups is 3. The van der Waals surface area contributed by atoms with Gasteiger partial charge in [0.25, 0.3) is 5.91 Å². The Morgan fingerprint density at radius 2 is 2.00 bits per heavy atom. The standard InChI is InChI=1S/C19H24N2O5S/c1-6-14(22)16-11(5)15(19(24)25-7-2)18(27-16)20-17(23)13-9-12(26-21-13)8-10(3)4/h9-10H,6-8H2,1-5H3,(H,20,23). The van der Waals surface area contributed by atoms with Crippen LogP contribution in [-0.2, 0) is 11.2 Å². The molecule has 2 aromatic heterocycles. The van der Waals surface area contributed by atoms with Gasteiger partial charge in [-0.15, -0.1) is 11.3 Å². The number of thiophene rings is 1. The Morgan fingerprint density at radius 3 is 2.59 bits per heavy atom. The second kappa shape index (κ2) is 8.94. The van der Waals surface area contributed by atoms with Crippen molar-refractivity contribution in [3.05, 3.63) is 33.5 Å². The van der Waals surface area contributed by atoms with Gasteiger partial charge in [-0.05, 0) is 25.3 Å². The molecule has 0 aromatic carbocycles. The highest BCUT2D eigenvalue weighted by Gasteiger charge is 2.27. The van der Waals surface area contributed by atoms with Crippen LogP contribution in [0.4, 0.5) is 5.00 Å². The number of anilines is 1. The first-order valence-corrected chi connectivity index (χ1v) is 9.70. The summed E-state index contributed by atoms with van der Waals surface area (Å²) in [5.74, 6) is -0.186. The van der Waals surface area contributed by atoms with E-state index in [0.29, 0.717) is 35.0 Å². The average Bonchev–Trinajstić information content (AvgIpc) is 3.18. The zero-order chi connectivity index (χ0) is 20.1. The summed E-state index contributed by atoms with van der Waals surface area (Å²) in [6.45, 7) is 9.39. The van der Waals surface area contributed by atoms with Crippen LogP contribution in [0.15, 0.2) is 10.6 Å². The third-order valence-corrected chi connectivity index (χ3v) is 5.08. The highest BCUT2D eigenvalue weighted by Crippen LogP contribution is 2.35. The van der Waals surface area contributed by atoms with Crippen LogP contribution in [0.1, 0.15) is 76.0 Å². The topological polar surface area (TPSA) is 98.5 Å². The molecule has 0 atom stereocenters. The molecule has 0 aliphatic carbocycles. The number of ketones is 1. The van der Waals surface area contributed by atoms with Crippen molar-refractivity contribution in [3.63, 3.8) is 0 Å². The number of hydrogen-bond donors (Lipinski definition) is 1. The van der Waals surface area contributed by atoms with Gasteiger partial charge in [-0.1, -0.05) is 25.9 Å². The lowest BCUT2D eigenvalue weighted by Crippen LogP contribution is -2.15. The molecule has 0 radical (unpaired) electrons. The molecule has 0 saturated heterocycles. The first-order chi connectivity index (χ1) is 12.8. The van der Waals surface area contributed by atoms with Crippen molar-refractivity contribution in [2.75, 3.05) is 11.9 Å². The van der Waals surface area contributed by atoms with Gasteiger partial charge in [-0.3, -0.25) is 9.59 Å². The van der Waals surface area contributed by atoms with Gasteiger partial charge in [0, 0.05) is 18.9 Å². The van der Waals surface area contributed by atoms with Crippen molar-refractivity contribution in [2.24, 2.45) is 5.92 Å². The van der Waals surface area contributed by atoms with Crippen LogP contribution in [-0.4, -0.2) is 29.4 Å². The van der Waals surface area contributed by atoms with E-state index >= 15 is 0 Å². The van der Waals surface area contributed by atoms with Crippen molar-refractivity contribution in [1.82, 2.24) is 5.16 Å². The summed E-state index contributed by atoms with van der Waals surface area (Å²) in [6, 6.07) is 1.58. The van der Waals surface area contributed by atoms with Gasteiger partial charge in [-0.25, -0.2) is 4.79 Å². The SMILES string of the molecule is CCOC(=O)c1c(NC(=O)c2cc(CC(C)C)on2)sc(C(=O)CC)c1C. The number of aromatic nitrogens is 1. The van der Waals surface area contributed by atoms with Crippen LogP contribution in [0.3, 0.4) is 0 Å². The molecule has 0 aliphatic rings. The van der Waals surface area contributed by atoms with Crippen molar-refractivity contribution in [1.29, 1.82) is 0 Å². The second-order valence-corrected chi connectivity index (χ2v) is 7.51. The summed E-state index contributed by atoms with van der Waals surface area (Å²) in [7, 11) is 0. The predicted molar refractivity (Wildman–Crippen MR) is 103 cm³/mol. The van der Waals surface area contributed by atoms with E-state index in [9.17, 15) is 14.4 Å². The van der Waals surface area contributed by atoms with Crippen LogP contribution >= 0.6 is 11.3 Å². The molecule has 2 aromatic rings. The van der Waals surface area contributed by atoms with E-state index in [1.165, 1.54) is 0 Å². The monoisotopic (exact) mass is 392 g/mol. The minimum atomic E-state index is -0.572. The third kappa shape index (κ3) is 4.82. The third-order valence-electron chi connectivity index (χ3n) is 3.83. The molecule has 0 bridgehead atoms. The van der Waals surface area contributed by atoms with E-state index in [0.717, 1.165) is 11.3 Å². The predicted octanol–water partition coefficient (Wildman–Crippen LogP) is 4.26. The Morgan fingerprint density at radius 1 is 1.30 bits per heavy atom. The van der Waals surface area contributed by atoms with E-state index in [4.69, 9.17) is 9.26 Å². The number of carbonyl (C=O) groups excluding carboxylic acids is 3. The first kappa shape index (κ1) is 20.8. The van der Waals surface area contributed by atoms with Crippen molar-refractivity contribution in [3.8, 4) is 0 Å². The van der Waals surface area contributed by atoms with Gasteiger partial charge in [0.1, 0.15) is 10.8 Å². The summed E-state index contributed by atoms with van der Waals surface area (Å²) < 4.78 is 10.3. The van der Waals surface area contributed by atoms with Crippen LogP contribution in [0.5, 0.6) is 0 Å². The molecule has 0 aliphatic heterocycles. The fourth-order valence-electron chi connectivity index (χ4n) is 2.56. The smallest absolute Gasteiger partial charge is 0.341 e. The molecular formula is C19H24N2O5S. The number of ether oxygens (including phenoxy) is 1. The van der Waals surface area contributed by atoms with Gasteiger partial charge < -0.3 is 14.6 Å². The normalized spacial score (nSPS) is 10.9. The number of nitrogens with one attached hydrogen (secondary N) is 1. The van der Waals surface area contributed by atoms with Gasteiger partial charge in [-0.2, -0.15) is 0 Å². The maximum absolute atomic E-state index is 12.5. The molecule has 8 heteroatoms. The minimum absolute atomic E-state index is 0.0933. The summed E-state index contributed by atoms with van der Waals surface area (Å²) in [5.41, 5.74) is 0.842. The number of rotatable bonds is 8. The Kier molecular flexibility index (Phi) is 6.90. The second-order valence-electron chi connectivity index (χ2n) is 6.49. The van der Waals surface area contributed by atoms with E-state index < -0.39 is 11.9 Å². The maximum Gasteiger partial charge on any atom is 0.341 e. The molecular weight excluding hydrogens is 368 g/mol. The van der Waals surface area contributed by atoms with E-state index in [2.05, 4.69) is 10.5 Å². The summed E-state index contributed by atoms with van der Waals surface area (Å²) in [4.78, 5) is 37.5. The lowest BCUT2D eigenvalue weighted by atomic mass is 10.1. The van der Waals surface area contributed by atoms with Crippen molar-refractivity contribution < 1.29 is 23.6 Å². The number of amides is 1. The van der Waals surface area contributed by atoms with Crippen molar-refractivity contribution in [2.45, 2.75) is 47.5 Å². The summed E-state index contributed by atoms with van der Waals surface area (Å²) in [6.07, 6.45) is 0.973. The fourth-order valence-corrected chi connectivity index (χ4v) is 3.76. The van der Waals surface area contributed by atoms with Crippen LogP contribution in [0.2, 0.25) is 0 Å². The van der Waals surface area contributed by atoms with Crippen LogP contribution < -0.4 is 5.32 Å². The largest absolute Gasteiger partial charge is 0.462 e. The van der Waals surface area contributed by atoms with Gasteiger partial charge in [0.05, 0.1) is 17.0 Å². The molecule has 146 valence electrons. The number of nitrogens with zero attached hydrogens (tertiary/aromatic N) is 1. The zero-order valence-electron chi connectivity index (χ0n) is 16.2. The minimum Gasteiger partial charge on any atom is -0.462 e. The van der Waals surface area contributed by atoms with E-state index in [1.54, 1.807) is 26.8 Å².